The molecule has 3 heterocycles. The maximum atomic E-state index is 3.63. The van der Waals surface area contributed by atoms with E-state index in [1.807, 2.05) is 0 Å². The van der Waals surface area contributed by atoms with Crippen LogP contribution in [0.15, 0.2) is 0 Å². The zero-order valence-electron chi connectivity index (χ0n) is 8.78. The van der Waals surface area contributed by atoms with Gasteiger partial charge >= 0.3 is 0 Å². The Labute approximate surface area is 86.0 Å². The zero-order chi connectivity index (χ0) is 9.12. The van der Waals surface area contributed by atoms with Crippen molar-refractivity contribution in [2.24, 2.45) is 17.8 Å². The van der Waals surface area contributed by atoms with Crippen LogP contribution in [-0.4, -0.2) is 36.6 Å². The molecule has 5 aliphatic rings. The fourth-order valence-electron chi connectivity index (χ4n) is 4.38. The lowest BCUT2D eigenvalue weighted by atomic mass is 9.73. The number of nitrogens with one attached hydrogen (secondary N) is 1. The first-order valence-electron chi connectivity index (χ1n) is 6.37. The highest BCUT2D eigenvalue weighted by atomic mass is 15.2. The molecule has 5 atom stereocenters. The van der Waals surface area contributed by atoms with Crippen LogP contribution < -0.4 is 5.32 Å². The van der Waals surface area contributed by atoms with Gasteiger partial charge in [-0.05, 0) is 50.0 Å². The van der Waals surface area contributed by atoms with Crippen molar-refractivity contribution >= 4 is 0 Å². The summed E-state index contributed by atoms with van der Waals surface area (Å²) in [7, 11) is 0. The smallest absolute Gasteiger partial charge is 0.0114 e. The largest absolute Gasteiger partial charge is 0.313 e. The van der Waals surface area contributed by atoms with E-state index in [9.17, 15) is 0 Å². The summed E-state index contributed by atoms with van der Waals surface area (Å²) in [6.07, 6.45) is 6.03. The van der Waals surface area contributed by atoms with E-state index in [0.717, 1.165) is 29.8 Å². The maximum absolute atomic E-state index is 3.63. The molecule has 0 radical (unpaired) electrons. The van der Waals surface area contributed by atoms with Gasteiger partial charge in [0.05, 0.1) is 0 Å². The Morgan fingerprint density at radius 2 is 2.21 bits per heavy atom. The van der Waals surface area contributed by atoms with Crippen LogP contribution in [0.3, 0.4) is 0 Å². The standard InChI is InChI=1S/C12H20N2/c1-2-10-3-8(1)6-14(10)7-11-9-4-12(11)13-5-9/h8-13H,1-7H2. The highest BCUT2D eigenvalue weighted by molar-refractivity contribution is 5.04. The van der Waals surface area contributed by atoms with E-state index in [4.69, 9.17) is 0 Å². The third kappa shape index (κ3) is 0.989. The van der Waals surface area contributed by atoms with Gasteiger partial charge in [0, 0.05) is 25.2 Å². The molecule has 0 amide bonds. The Hall–Kier alpha value is -0.0800. The van der Waals surface area contributed by atoms with E-state index in [1.165, 1.54) is 45.3 Å². The van der Waals surface area contributed by atoms with Crippen molar-refractivity contribution in [3.05, 3.63) is 0 Å². The Kier molecular flexibility index (Phi) is 1.58. The molecule has 3 saturated heterocycles. The summed E-state index contributed by atoms with van der Waals surface area (Å²) in [6, 6.07) is 1.89. The molecule has 0 aromatic carbocycles. The highest BCUT2D eigenvalue weighted by Gasteiger charge is 2.49. The van der Waals surface area contributed by atoms with Gasteiger partial charge in [-0.2, -0.15) is 0 Å². The number of likely N-dealkylation sites (tertiary alicyclic amines) is 1. The molecule has 2 nitrogen and oxygen atoms in total. The van der Waals surface area contributed by atoms with Gasteiger partial charge in [-0.1, -0.05) is 0 Å². The average molecular weight is 192 g/mol. The molecule has 0 aromatic heterocycles. The molecular weight excluding hydrogens is 172 g/mol. The minimum atomic E-state index is 0.902. The molecule has 2 heteroatoms. The Morgan fingerprint density at radius 1 is 1.21 bits per heavy atom. The first-order valence-corrected chi connectivity index (χ1v) is 6.37. The lowest BCUT2D eigenvalue weighted by molar-refractivity contribution is 0.109. The molecule has 3 aliphatic heterocycles. The van der Waals surface area contributed by atoms with Gasteiger partial charge in [0.1, 0.15) is 0 Å². The first kappa shape index (κ1) is 8.12. The molecule has 5 rings (SSSR count). The van der Waals surface area contributed by atoms with Gasteiger partial charge < -0.3 is 5.32 Å². The van der Waals surface area contributed by atoms with Crippen LogP contribution >= 0.6 is 0 Å². The minimum absolute atomic E-state index is 0.902. The Morgan fingerprint density at radius 3 is 2.79 bits per heavy atom. The lowest BCUT2D eigenvalue weighted by Gasteiger charge is -2.39. The SMILES string of the molecule is C1CC2CC1CN2CC1C2CNC1C2. The molecule has 14 heavy (non-hydrogen) atoms. The Balaban J connectivity index is 1.42. The molecule has 5 unspecified atom stereocenters. The third-order valence-corrected chi connectivity index (χ3v) is 5.29. The van der Waals surface area contributed by atoms with Crippen LogP contribution in [-0.2, 0) is 0 Å². The molecule has 1 N–H and O–H groups in total. The van der Waals surface area contributed by atoms with Crippen molar-refractivity contribution in [1.29, 1.82) is 0 Å². The summed E-state index contributed by atoms with van der Waals surface area (Å²) < 4.78 is 0. The second kappa shape index (κ2) is 2.73. The van der Waals surface area contributed by atoms with Gasteiger partial charge in [0.2, 0.25) is 0 Å². The second-order valence-corrected chi connectivity index (χ2v) is 5.96. The van der Waals surface area contributed by atoms with Crippen molar-refractivity contribution in [3.8, 4) is 0 Å². The summed E-state index contributed by atoms with van der Waals surface area (Å²) in [4.78, 5) is 2.81. The minimum Gasteiger partial charge on any atom is -0.313 e. The molecule has 0 aromatic rings. The van der Waals surface area contributed by atoms with Crippen molar-refractivity contribution < 1.29 is 0 Å². The van der Waals surface area contributed by atoms with E-state index in [1.54, 1.807) is 0 Å². The number of hydrogen-bond donors (Lipinski definition) is 1. The highest BCUT2D eigenvalue weighted by Crippen LogP contribution is 2.44. The summed E-state index contributed by atoms with van der Waals surface area (Å²) in [6.45, 7) is 4.17. The second-order valence-electron chi connectivity index (χ2n) is 5.96. The van der Waals surface area contributed by atoms with E-state index >= 15 is 0 Å². The van der Waals surface area contributed by atoms with E-state index < -0.39 is 0 Å². The van der Waals surface area contributed by atoms with Crippen molar-refractivity contribution in [3.63, 3.8) is 0 Å². The van der Waals surface area contributed by atoms with Gasteiger partial charge in [0.15, 0.2) is 0 Å². The van der Waals surface area contributed by atoms with Gasteiger partial charge in [-0.25, -0.2) is 0 Å². The third-order valence-electron chi connectivity index (χ3n) is 5.29. The number of rotatable bonds is 2. The van der Waals surface area contributed by atoms with E-state index in [-0.39, 0.29) is 0 Å². The molecular formula is C12H20N2. The van der Waals surface area contributed by atoms with Gasteiger partial charge in [-0.15, -0.1) is 0 Å². The molecule has 5 fully saturated rings. The number of nitrogens with zero attached hydrogens (tertiary/aromatic N) is 1. The molecule has 0 spiro atoms. The quantitative estimate of drug-likeness (QED) is 0.704. The molecule has 78 valence electrons. The number of hydrogen-bond acceptors (Lipinski definition) is 2. The van der Waals surface area contributed by atoms with Crippen molar-refractivity contribution in [2.75, 3.05) is 19.6 Å². The fourth-order valence-corrected chi connectivity index (χ4v) is 4.38. The number of piperidine rings is 1. The summed E-state index contributed by atoms with van der Waals surface area (Å²) in [5.41, 5.74) is 0. The summed E-state index contributed by atoms with van der Waals surface area (Å²) >= 11 is 0. The maximum Gasteiger partial charge on any atom is 0.0114 e. The van der Waals surface area contributed by atoms with Crippen LogP contribution in [0.1, 0.15) is 25.7 Å². The van der Waals surface area contributed by atoms with E-state index in [0.29, 0.717) is 0 Å². The van der Waals surface area contributed by atoms with Crippen molar-refractivity contribution in [2.45, 2.75) is 37.8 Å². The van der Waals surface area contributed by atoms with Gasteiger partial charge in [-0.3, -0.25) is 4.90 Å². The van der Waals surface area contributed by atoms with E-state index in [2.05, 4.69) is 10.2 Å². The van der Waals surface area contributed by atoms with Crippen LogP contribution in [0, 0.1) is 17.8 Å². The average Bonchev–Trinajstić information content (AvgIpc) is 2.90. The summed E-state index contributed by atoms with van der Waals surface area (Å²) in [5, 5.41) is 3.63. The predicted octanol–water partition coefficient (Wildman–Crippen LogP) is 1.08. The molecule has 4 bridgehead atoms. The first-order chi connectivity index (χ1) is 6.90. The summed E-state index contributed by atoms with van der Waals surface area (Å²) in [5.74, 6) is 3.14. The van der Waals surface area contributed by atoms with Crippen LogP contribution in [0.4, 0.5) is 0 Å². The zero-order valence-corrected chi connectivity index (χ0v) is 8.78. The lowest BCUT2D eigenvalue weighted by Crippen LogP contribution is -2.46. The van der Waals surface area contributed by atoms with Crippen molar-refractivity contribution in [1.82, 2.24) is 10.2 Å². The van der Waals surface area contributed by atoms with Gasteiger partial charge in [0.25, 0.3) is 0 Å². The monoisotopic (exact) mass is 192 g/mol. The van der Waals surface area contributed by atoms with Crippen LogP contribution in [0.5, 0.6) is 0 Å². The number of fused-ring (bicyclic) bond motifs is 3. The topological polar surface area (TPSA) is 15.3 Å². The predicted molar refractivity (Wildman–Crippen MR) is 56.1 cm³/mol. The Bertz CT molecular complexity index is 239. The molecule has 2 saturated carbocycles. The fraction of sp³-hybridized carbons (Fsp3) is 1.00. The normalized spacial score (nSPS) is 55.3. The van der Waals surface area contributed by atoms with Crippen LogP contribution in [0.2, 0.25) is 0 Å². The molecule has 2 aliphatic carbocycles. The van der Waals surface area contributed by atoms with Crippen LogP contribution in [0.25, 0.3) is 0 Å².